The van der Waals surface area contributed by atoms with E-state index in [9.17, 15) is 30.3 Å². The minimum absolute atomic E-state index is 0.210. The summed E-state index contributed by atoms with van der Waals surface area (Å²) in [6.45, 7) is 3.64. The molecule has 9 nitrogen and oxygen atoms in total. The molecule has 6 N–H and O–H groups in total. The second-order valence-electron chi connectivity index (χ2n) is 14.4. The molecule has 0 saturated carbocycles. The first-order chi connectivity index (χ1) is 25.8. The number of carbonyl (C=O) groups is 1. The first-order valence-electron chi connectivity index (χ1n) is 21.0. The van der Waals surface area contributed by atoms with E-state index in [0.717, 1.165) is 83.5 Å². The molecule has 0 aromatic rings. The lowest BCUT2D eigenvalue weighted by molar-refractivity contribution is -0.302. The van der Waals surface area contributed by atoms with Gasteiger partial charge in [0.2, 0.25) is 5.91 Å². The van der Waals surface area contributed by atoms with E-state index in [1.807, 2.05) is 6.08 Å². The molecule has 7 unspecified atom stereocenters. The first kappa shape index (κ1) is 48.9. The fourth-order valence-electron chi connectivity index (χ4n) is 6.11. The molecular weight excluding hydrogens is 670 g/mol. The van der Waals surface area contributed by atoms with Crippen LogP contribution in [-0.2, 0) is 14.3 Å². The number of hydrogen-bond acceptors (Lipinski definition) is 8. The number of rotatable bonds is 33. The largest absolute Gasteiger partial charge is 0.394 e. The van der Waals surface area contributed by atoms with Gasteiger partial charge in [0, 0.05) is 6.42 Å². The van der Waals surface area contributed by atoms with Crippen molar-refractivity contribution >= 4 is 5.91 Å². The van der Waals surface area contributed by atoms with Crippen LogP contribution >= 0.6 is 0 Å². The van der Waals surface area contributed by atoms with Crippen LogP contribution in [0.1, 0.15) is 155 Å². The fourth-order valence-corrected chi connectivity index (χ4v) is 6.11. The molecule has 1 rings (SSSR count). The van der Waals surface area contributed by atoms with Gasteiger partial charge in [0.25, 0.3) is 0 Å². The SMILES string of the molecule is CCC/C=C\C/C=C\CCCCCCCC(=O)NC(COC1OC(CO)C(O)C(O)C1O)C(O)/C=C/CC/C=C/CC/C=C/CCCCCCCCC. The molecule has 0 radical (unpaired) electrons. The Kier molecular flexibility index (Phi) is 31.7. The van der Waals surface area contributed by atoms with Crippen molar-refractivity contribution in [1.29, 1.82) is 0 Å². The van der Waals surface area contributed by atoms with Gasteiger partial charge in [-0.1, -0.05) is 139 Å². The zero-order chi connectivity index (χ0) is 38.8. The van der Waals surface area contributed by atoms with Crippen molar-refractivity contribution in [1.82, 2.24) is 5.32 Å². The van der Waals surface area contributed by atoms with Crippen molar-refractivity contribution < 1.29 is 39.8 Å². The summed E-state index contributed by atoms with van der Waals surface area (Å²) in [4.78, 5) is 12.9. The van der Waals surface area contributed by atoms with Gasteiger partial charge in [-0.25, -0.2) is 0 Å². The number of amides is 1. The van der Waals surface area contributed by atoms with E-state index < -0.39 is 49.5 Å². The van der Waals surface area contributed by atoms with Crippen molar-refractivity contribution in [3.05, 3.63) is 60.8 Å². The van der Waals surface area contributed by atoms with Crippen molar-refractivity contribution in [3.63, 3.8) is 0 Å². The van der Waals surface area contributed by atoms with Crippen LogP contribution in [0, 0.1) is 0 Å². The second kappa shape index (κ2) is 34.4. The molecule has 1 fully saturated rings. The van der Waals surface area contributed by atoms with Crippen LogP contribution in [0.5, 0.6) is 0 Å². The molecule has 53 heavy (non-hydrogen) atoms. The molecule has 1 amide bonds. The van der Waals surface area contributed by atoms with E-state index in [-0.39, 0.29) is 12.5 Å². The number of hydrogen-bond donors (Lipinski definition) is 6. The standard InChI is InChI=1S/C44H77NO8/c1-3-5-7-9-11-13-15-17-18-19-20-22-23-25-27-29-31-33-38(47)37(36-52-44-43(51)42(50)41(49)39(35-46)53-44)45-40(48)34-32-30-28-26-24-21-16-14-12-10-8-6-4-2/h8,10,14,16,18-19,23,25,31,33,37-39,41-44,46-47,49-51H,3-7,9,11-13,15,17,20-22,24,26-30,32,34-36H2,1-2H3,(H,45,48)/b10-8-,16-14-,19-18+,25-23+,33-31+. The maximum absolute atomic E-state index is 12.9. The third-order valence-corrected chi connectivity index (χ3v) is 9.52. The highest BCUT2D eigenvalue weighted by atomic mass is 16.7. The fraction of sp³-hybridized carbons (Fsp3) is 0.750. The summed E-state index contributed by atoms with van der Waals surface area (Å²) >= 11 is 0. The molecule has 1 saturated heterocycles. The van der Waals surface area contributed by atoms with Crippen molar-refractivity contribution in [2.45, 2.75) is 198 Å². The molecule has 0 spiro atoms. The zero-order valence-electron chi connectivity index (χ0n) is 33.2. The van der Waals surface area contributed by atoms with Crippen molar-refractivity contribution in [3.8, 4) is 0 Å². The summed E-state index contributed by atoms with van der Waals surface area (Å²) in [5.74, 6) is -0.210. The molecule has 0 aromatic carbocycles. The quantitative estimate of drug-likeness (QED) is 0.0292. The van der Waals surface area contributed by atoms with Gasteiger partial charge >= 0.3 is 0 Å². The van der Waals surface area contributed by atoms with Crippen LogP contribution in [-0.4, -0.2) is 87.5 Å². The Hall–Kier alpha value is -2.11. The number of allylic oxidation sites excluding steroid dienone is 9. The van der Waals surface area contributed by atoms with Gasteiger partial charge in [0.05, 0.1) is 25.4 Å². The molecule has 1 heterocycles. The Balaban J connectivity index is 2.47. The van der Waals surface area contributed by atoms with E-state index in [2.05, 4.69) is 67.8 Å². The smallest absolute Gasteiger partial charge is 0.220 e. The Morgan fingerprint density at radius 3 is 1.77 bits per heavy atom. The number of aliphatic hydroxyl groups is 5. The number of carbonyl (C=O) groups excluding carboxylic acids is 1. The number of aliphatic hydroxyl groups excluding tert-OH is 5. The molecule has 306 valence electrons. The second-order valence-corrected chi connectivity index (χ2v) is 14.4. The molecule has 1 aliphatic rings. The first-order valence-corrected chi connectivity index (χ1v) is 21.0. The third kappa shape index (κ3) is 25.6. The molecule has 0 aliphatic carbocycles. The Bertz CT molecular complexity index is 1010. The number of nitrogens with one attached hydrogen (secondary N) is 1. The summed E-state index contributed by atoms with van der Waals surface area (Å²) in [6.07, 6.45) is 36.9. The summed E-state index contributed by atoms with van der Waals surface area (Å²) in [5.41, 5.74) is 0. The lowest BCUT2D eigenvalue weighted by Crippen LogP contribution is -2.60. The van der Waals surface area contributed by atoms with Crippen LogP contribution in [0.4, 0.5) is 0 Å². The highest BCUT2D eigenvalue weighted by Gasteiger charge is 2.44. The normalized spacial score (nSPS) is 22.3. The Morgan fingerprint density at radius 1 is 0.642 bits per heavy atom. The summed E-state index contributed by atoms with van der Waals surface area (Å²) in [6, 6.07) is -0.835. The van der Waals surface area contributed by atoms with E-state index in [1.54, 1.807) is 6.08 Å². The van der Waals surface area contributed by atoms with Crippen molar-refractivity contribution in [2.75, 3.05) is 13.2 Å². The van der Waals surface area contributed by atoms with E-state index in [1.165, 1.54) is 51.4 Å². The van der Waals surface area contributed by atoms with E-state index in [4.69, 9.17) is 9.47 Å². The minimum Gasteiger partial charge on any atom is -0.394 e. The average molecular weight is 748 g/mol. The highest BCUT2D eigenvalue weighted by Crippen LogP contribution is 2.22. The van der Waals surface area contributed by atoms with Gasteiger partial charge in [-0.05, 0) is 70.6 Å². The Morgan fingerprint density at radius 2 is 1.17 bits per heavy atom. The molecular formula is C44H77NO8. The predicted molar refractivity (Wildman–Crippen MR) is 216 cm³/mol. The van der Waals surface area contributed by atoms with Gasteiger partial charge in [-0.3, -0.25) is 4.79 Å². The molecule has 0 bridgehead atoms. The maximum Gasteiger partial charge on any atom is 0.220 e. The van der Waals surface area contributed by atoms with Gasteiger partial charge in [-0.15, -0.1) is 0 Å². The number of ether oxygens (including phenoxy) is 2. The molecule has 0 aromatic heterocycles. The lowest BCUT2D eigenvalue weighted by atomic mass is 9.99. The van der Waals surface area contributed by atoms with Crippen LogP contribution in [0.25, 0.3) is 0 Å². The van der Waals surface area contributed by atoms with Crippen LogP contribution in [0.15, 0.2) is 60.8 Å². The number of unbranched alkanes of at least 4 members (excludes halogenated alkanes) is 15. The van der Waals surface area contributed by atoms with Gasteiger partial charge < -0.3 is 40.3 Å². The van der Waals surface area contributed by atoms with E-state index in [0.29, 0.717) is 6.42 Å². The van der Waals surface area contributed by atoms with Crippen molar-refractivity contribution in [2.24, 2.45) is 0 Å². The average Bonchev–Trinajstić information content (AvgIpc) is 3.16. The predicted octanol–water partition coefficient (Wildman–Crippen LogP) is 8.05. The van der Waals surface area contributed by atoms with Crippen LogP contribution in [0.3, 0.4) is 0 Å². The molecule has 7 atom stereocenters. The summed E-state index contributed by atoms with van der Waals surface area (Å²) in [5, 5.41) is 54.0. The maximum atomic E-state index is 12.9. The minimum atomic E-state index is -1.58. The molecule has 1 aliphatic heterocycles. The zero-order valence-corrected chi connectivity index (χ0v) is 33.2. The van der Waals surface area contributed by atoms with E-state index >= 15 is 0 Å². The van der Waals surface area contributed by atoms with Crippen LogP contribution < -0.4 is 5.32 Å². The summed E-state index contributed by atoms with van der Waals surface area (Å²) < 4.78 is 11.2. The monoisotopic (exact) mass is 748 g/mol. The van der Waals surface area contributed by atoms with Gasteiger partial charge in [0.15, 0.2) is 6.29 Å². The highest BCUT2D eigenvalue weighted by molar-refractivity contribution is 5.76. The Labute approximate surface area is 322 Å². The van der Waals surface area contributed by atoms with Crippen LogP contribution in [0.2, 0.25) is 0 Å². The summed E-state index contributed by atoms with van der Waals surface area (Å²) in [7, 11) is 0. The van der Waals surface area contributed by atoms with Gasteiger partial charge in [0.1, 0.15) is 24.4 Å². The topological polar surface area (TPSA) is 149 Å². The van der Waals surface area contributed by atoms with Gasteiger partial charge in [-0.2, -0.15) is 0 Å². The third-order valence-electron chi connectivity index (χ3n) is 9.52. The molecule has 9 heteroatoms. The lowest BCUT2D eigenvalue weighted by Gasteiger charge is -2.40.